The molecule has 0 amide bonds. The number of fused-ring (bicyclic) bond motifs is 5. The number of benzene rings is 7. The van der Waals surface area contributed by atoms with Crippen LogP contribution < -0.4 is 0 Å². The lowest BCUT2D eigenvalue weighted by molar-refractivity contribution is -0.0399. The second kappa shape index (κ2) is 12.9. The fourth-order valence-corrected chi connectivity index (χ4v) is 12.0. The highest BCUT2D eigenvalue weighted by molar-refractivity contribution is 6.03. The first-order chi connectivity index (χ1) is 28.6. The lowest BCUT2D eigenvalue weighted by Crippen LogP contribution is -2.55. The second-order valence-electron chi connectivity index (χ2n) is 17.3. The molecule has 8 aromatic rings. The minimum atomic E-state index is 0.132. The molecule has 1 aromatic heterocycles. The highest BCUT2D eigenvalue weighted by atomic mass is 14.9. The van der Waals surface area contributed by atoms with Gasteiger partial charge >= 0.3 is 0 Å². The van der Waals surface area contributed by atoms with Crippen LogP contribution in [0.2, 0.25) is 0 Å². The third kappa shape index (κ3) is 5.11. The Kier molecular flexibility index (Phi) is 7.48. The van der Waals surface area contributed by atoms with Gasteiger partial charge in [0.15, 0.2) is 5.82 Å². The maximum absolute atomic E-state index is 9.55. The number of rotatable bonds is 5. The van der Waals surface area contributed by atoms with E-state index >= 15 is 0 Å². The van der Waals surface area contributed by atoms with Crippen LogP contribution in [0.5, 0.6) is 0 Å². The van der Waals surface area contributed by atoms with Gasteiger partial charge in [-0.15, -0.1) is 0 Å². The molecule has 0 unspecified atom stereocenters. The Hall–Kier alpha value is -6.63. The van der Waals surface area contributed by atoms with E-state index in [-0.39, 0.29) is 5.41 Å². The molecule has 13 rings (SSSR count). The zero-order valence-electron chi connectivity index (χ0n) is 32.3. The highest BCUT2D eigenvalue weighted by Gasteiger charge is 2.61. The monoisotopic (exact) mass is 743 g/mol. The average molecular weight is 744 g/mol. The summed E-state index contributed by atoms with van der Waals surface area (Å²) in [5, 5.41) is 12.3. The van der Waals surface area contributed by atoms with Crippen molar-refractivity contribution in [3.8, 4) is 73.4 Å². The smallest absolute Gasteiger partial charge is 0.160 e. The van der Waals surface area contributed by atoms with Crippen molar-refractivity contribution in [3.05, 3.63) is 180 Å². The predicted molar refractivity (Wildman–Crippen MR) is 235 cm³/mol. The van der Waals surface area contributed by atoms with Gasteiger partial charge in [0, 0.05) is 22.1 Å². The van der Waals surface area contributed by atoms with Gasteiger partial charge in [-0.05, 0) is 135 Å². The molecule has 4 saturated carbocycles. The van der Waals surface area contributed by atoms with Crippen molar-refractivity contribution >= 4 is 10.8 Å². The molecule has 7 aromatic carbocycles. The number of nitrogens with zero attached hydrogens (tertiary/aromatic N) is 3. The molecule has 5 aliphatic carbocycles. The summed E-state index contributed by atoms with van der Waals surface area (Å²) >= 11 is 0. The summed E-state index contributed by atoms with van der Waals surface area (Å²) in [6.07, 6.45) is 7.02. The summed E-state index contributed by atoms with van der Waals surface area (Å²) < 4.78 is 0. The van der Waals surface area contributed by atoms with Gasteiger partial charge in [0.1, 0.15) is 0 Å². The number of aromatic nitrogens is 2. The lowest BCUT2D eigenvalue weighted by atomic mass is 9.43. The van der Waals surface area contributed by atoms with Crippen molar-refractivity contribution in [1.29, 1.82) is 5.26 Å². The minimum absolute atomic E-state index is 0.132. The first kappa shape index (κ1) is 33.5. The molecule has 0 N–H and O–H groups in total. The Morgan fingerprint density at radius 2 is 1.05 bits per heavy atom. The Morgan fingerprint density at radius 3 is 1.74 bits per heavy atom. The summed E-state index contributed by atoms with van der Waals surface area (Å²) in [7, 11) is 0. The van der Waals surface area contributed by atoms with E-state index in [0.717, 1.165) is 51.7 Å². The number of hydrogen-bond donors (Lipinski definition) is 0. The van der Waals surface area contributed by atoms with Crippen molar-refractivity contribution in [1.82, 2.24) is 9.97 Å². The number of hydrogen-bond acceptors (Lipinski definition) is 3. The van der Waals surface area contributed by atoms with E-state index < -0.39 is 0 Å². The van der Waals surface area contributed by atoms with Crippen LogP contribution in [0.3, 0.4) is 0 Å². The van der Waals surface area contributed by atoms with E-state index in [9.17, 15) is 5.26 Å². The molecule has 1 heterocycles. The molecule has 4 fully saturated rings. The zero-order valence-corrected chi connectivity index (χ0v) is 32.3. The lowest BCUT2D eigenvalue weighted by Gasteiger charge is -2.61. The Bertz CT molecular complexity index is 2930. The molecule has 0 atom stereocenters. The molecule has 0 saturated heterocycles. The predicted octanol–water partition coefficient (Wildman–Crippen LogP) is 13.6. The molecule has 276 valence electrons. The van der Waals surface area contributed by atoms with Crippen molar-refractivity contribution in [2.24, 2.45) is 23.7 Å². The fourth-order valence-electron chi connectivity index (χ4n) is 12.0. The van der Waals surface area contributed by atoms with Crippen LogP contribution in [0.15, 0.2) is 164 Å². The number of nitriles is 1. The van der Waals surface area contributed by atoms with Crippen LogP contribution in [0.4, 0.5) is 0 Å². The fraction of sp³-hybridized carbons (Fsp3) is 0.182. The van der Waals surface area contributed by atoms with Gasteiger partial charge in [0.25, 0.3) is 0 Å². The molecule has 3 nitrogen and oxygen atoms in total. The Labute approximate surface area is 339 Å². The molecule has 0 radical (unpaired) electrons. The van der Waals surface area contributed by atoms with Gasteiger partial charge in [-0.2, -0.15) is 5.26 Å². The van der Waals surface area contributed by atoms with Gasteiger partial charge in [-0.25, -0.2) is 9.97 Å². The molecule has 5 aliphatic rings. The Balaban J connectivity index is 0.887. The largest absolute Gasteiger partial charge is 0.228 e. The SMILES string of the molecule is N#Cc1cccc(-c2nc(-c3ccccc3)cc(-c3ccc(-c4ccc(-c5ccc6c(c5)C5(c7ccc8ccccc8c7-6)C6CC7CC(C6)CC5C7)cc4)cc3)n2)c1. The minimum Gasteiger partial charge on any atom is -0.228 e. The normalized spacial score (nSPS) is 22.2. The van der Waals surface area contributed by atoms with E-state index in [4.69, 9.17) is 9.97 Å². The van der Waals surface area contributed by atoms with Gasteiger partial charge in [0.2, 0.25) is 0 Å². The maximum Gasteiger partial charge on any atom is 0.160 e. The third-order valence-corrected chi connectivity index (χ3v) is 14.3. The quantitative estimate of drug-likeness (QED) is 0.176. The molecule has 0 aliphatic heterocycles. The van der Waals surface area contributed by atoms with Crippen molar-refractivity contribution in [2.45, 2.75) is 37.5 Å². The van der Waals surface area contributed by atoms with Crippen molar-refractivity contribution < 1.29 is 0 Å². The van der Waals surface area contributed by atoms with Gasteiger partial charge in [0.05, 0.1) is 23.0 Å². The first-order valence-corrected chi connectivity index (χ1v) is 21.0. The maximum atomic E-state index is 9.55. The molecule has 1 spiro atoms. The van der Waals surface area contributed by atoms with Crippen LogP contribution in [0.1, 0.15) is 48.8 Å². The topological polar surface area (TPSA) is 49.6 Å². The van der Waals surface area contributed by atoms with Gasteiger partial charge in [-0.1, -0.05) is 140 Å². The van der Waals surface area contributed by atoms with Crippen molar-refractivity contribution in [3.63, 3.8) is 0 Å². The molecular weight excluding hydrogens is 703 g/mol. The zero-order chi connectivity index (χ0) is 38.4. The van der Waals surface area contributed by atoms with Crippen LogP contribution in [-0.2, 0) is 5.41 Å². The van der Waals surface area contributed by atoms with E-state index in [1.807, 2.05) is 36.4 Å². The van der Waals surface area contributed by atoms with Crippen LogP contribution in [-0.4, -0.2) is 9.97 Å². The molecule has 3 heteroatoms. The van der Waals surface area contributed by atoms with E-state index in [0.29, 0.717) is 11.4 Å². The molecule has 58 heavy (non-hydrogen) atoms. The third-order valence-electron chi connectivity index (χ3n) is 14.3. The first-order valence-electron chi connectivity index (χ1n) is 21.0. The molecular formula is C55H41N3. The summed E-state index contributed by atoms with van der Waals surface area (Å²) in [5.41, 5.74) is 16.4. The van der Waals surface area contributed by atoms with E-state index in [1.165, 1.54) is 76.3 Å². The molecule has 4 bridgehead atoms. The summed E-state index contributed by atoms with van der Waals surface area (Å²) in [5.74, 6) is 3.91. The summed E-state index contributed by atoms with van der Waals surface area (Å²) in [6.45, 7) is 0. The van der Waals surface area contributed by atoms with Gasteiger partial charge < -0.3 is 0 Å². The summed E-state index contributed by atoms with van der Waals surface area (Å²) in [4.78, 5) is 9.95. The highest BCUT2D eigenvalue weighted by Crippen LogP contribution is 2.70. The van der Waals surface area contributed by atoms with Crippen molar-refractivity contribution in [2.75, 3.05) is 0 Å². The van der Waals surface area contributed by atoms with Gasteiger partial charge in [-0.3, -0.25) is 0 Å². The van der Waals surface area contributed by atoms with E-state index in [2.05, 4.69) is 127 Å². The van der Waals surface area contributed by atoms with Crippen LogP contribution >= 0.6 is 0 Å². The summed E-state index contributed by atoms with van der Waals surface area (Å²) in [6, 6.07) is 61.3. The standard InChI is InChI=1S/C55H41N3/c56-33-34-7-6-11-44(26-34)54-57-51(41-9-2-1-3-10-41)32-52(58-54)42-19-17-38(18-20-42)37-13-15-39(16-14-37)43-21-23-48-50(31-43)55(45-27-35-25-36(29-45)30-46(55)28-35)49-24-22-40-8-4-5-12-47(40)53(48)49/h1-24,26,31-32,35-36,45-46H,25,27-30H2. The average Bonchev–Trinajstić information content (AvgIpc) is 3.58. The second-order valence-corrected chi connectivity index (χ2v) is 17.3. The Morgan fingerprint density at radius 1 is 0.466 bits per heavy atom. The van der Waals surface area contributed by atoms with E-state index in [1.54, 1.807) is 17.2 Å². The van der Waals surface area contributed by atoms with Crippen LogP contribution in [0.25, 0.3) is 78.1 Å². The van der Waals surface area contributed by atoms with Crippen LogP contribution in [0, 0.1) is 35.0 Å².